The van der Waals surface area contributed by atoms with Gasteiger partial charge in [0.1, 0.15) is 5.60 Å². The number of carbonyl (C=O) groups is 1. The van der Waals surface area contributed by atoms with Gasteiger partial charge in [0.2, 0.25) is 0 Å². The minimum Gasteiger partial charge on any atom is -0.381 e. The van der Waals surface area contributed by atoms with Crippen LogP contribution in [0.2, 0.25) is 0 Å². The molecule has 0 spiro atoms. The molecule has 0 aliphatic carbocycles. The first-order valence-corrected chi connectivity index (χ1v) is 5.79. The lowest BCUT2D eigenvalue weighted by atomic mass is 10.1. The Labute approximate surface area is 102 Å². The van der Waals surface area contributed by atoms with E-state index in [1.807, 2.05) is 32.0 Å². The van der Waals surface area contributed by atoms with Crippen molar-refractivity contribution in [2.45, 2.75) is 39.8 Å². The molecule has 0 unspecified atom stereocenters. The number of aliphatic hydroxyl groups is 1. The summed E-state index contributed by atoms with van der Waals surface area (Å²) in [6, 6.07) is 5.71. The van der Waals surface area contributed by atoms with Gasteiger partial charge in [0.15, 0.2) is 0 Å². The first-order valence-electron chi connectivity index (χ1n) is 5.79. The van der Waals surface area contributed by atoms with Crippen molar-refractivity contribution in [3.05, 3.63) is 29.6 Å². The highest BCUT2D eigenvalue weighted by atomic mass is 16.3. The lowest BCUT2D eigenvalue weighted by Crippen LogP contribution is -2.44. The van der Waals surface area contributed by atoms with Crippen LogP contribution in [-0.4, -0.2) is 33.0 Å². The summed E-state index contributed by atoms with van der Waals surface area (Å²) in [7, 11) is 0. The summed E-state index contributed by atoms with van der Waals surface area (Å²) in [5.41, 5.74) is 0.429. The molecule has 1 N–H and O–H groups in total. The highest BCUT2D eigenvalue weighted by Gasteiger charge is 2.28. The predicted molar refractivity (Wildman–Crippen MR) is 66.4 cm³/mol. The quantitative estimate of drug-likeness (QED) is 0.862. The normalized spacial score (nSPS) is 11.4. The van der Waals surface area contributed by atoms with Crippen molar-refractivity contribution in [2.24, 2.45) is 0 Å². The molecule has 0 fully saturated rings. The van der Waals surface area contributed by atoms with Crippen LogP contribution in [0.3, 0.4) is 0 Å². The number of nitrogens with zero attached hydrogens (tertiary/aromatic N) is 2. The number of hydrogen-bond acceptors (Lipinski definition) is 3. The number of amides is 1. The minimum absolute atomic E-state index is 0.275. The molecule has 0 aromatic carbocycles. The van der Waals surface area contributed by atoms with Crippen LogP contribution in [0, 0.1) is 6.92 Å². The highest BCUT2D eigenvalue weighted by Crippen LogP contribution is 2.10. The standard InChI is InChI=1S/C13H20N2O2/c1-5-15(12(16)13(3,4)17)9-11-8-6-7-10(2)14-11/h6-8,17H,5,9H2,1-4H3. The number of rotatable bonds is 4. The second kappa shape index (κ2) is 5.27. The summed E-state index contributed by atoms with van der Waals surface area (Å²) in [6.07, 6.45) is 0. The molecule has 1 aromatic heterocycles. The van der Waals surface area contributed by atoms with Gasteiger partial charge in [-0.25, -0.2) is 0 Å². The van der Waals surface area contributed by atoms with Crippen LogP contribution in [-0.2, 0) is 11.3 Å². The SMILES string of the molecule is CCN(Cc1cccc(C)n1)C(=O)C(C)(C)O. The zero-order valence-electron chi connectivity index (χ0n) is 10.9. The van der Waals surface area contributed by atoms with Crippen LogP contribution in [0.5, 0.6) is 0 Å². The van der Waals surface area contributed by atoms with Crippen molar-refractivity contribution in [1.82, 2.24) is 9.88 Å². The molecule has 0 aliphatic heterocycles. The third kappa shape index (κ3) is 3.82. The van der Waals surface area contributed by atoms with E-state index in [0.717, 1.165) is 11.4 Å². The minimum atomic E-state index is -1.33. The van der Waals surface area contributed by atoms with Crippen LogP contribution in [0.1, 0.15) is 32.2 Å². The number of hydrogen-bond donors (Lipinski definition) is 1. The van der Waals surface area contributed by atoms with Gasteiger partial charge in [-0.05, 0) is 39.8 Å². The summed E-state index contributed by atoms with van der Waals surface area (Å²) >= 11 is 0. The Bertz CT molecular complexity index is 397. The van der Waals surface area contributed by atoms with Crippen molar-refractivity contribution < 1.29 is 9.90 Å². The van der Waals surface area contributed by atoms with Crippen molar-refractivity contribution >= 4 is 5.91 Å². The Kier molecular flexibility index (Phi) is 4.23. The first kappa shape index (κ1) is 13.6. The molecule has 0 saturated heterocycles. The third-order valence-electron chi connectivity index (χ3n) is 2.49. The summed E-state index contributed by atoms with van der Waals surface area (Å²) in [6.45, 7) is 7.79. The van der Waals surface area contributed by atoms with E-state index in [2.05, 4.69) is 4.98 Å². The number of likely N-dealkylation sites (N-methyl/N-ethyl adjacent to an activating group) is 1. The Morgan fingerprint density at radius 1 is 1.47 bits per heavy atom. The average Bonchev–Trinajstić information content (AvgIpc) is 2.24. The van der Waals surface area contributed by atoms with Crippen LogP contribution in [0.4, 0.5) is 0 Å². The Balaban J connectivity index is 2.81. The second-order valence-electron chi connectivity index (χ2n) is 4.65. The molecule has 1 heterocycles. The maximum absolute atomic E-state index is 11.9. The average molecular weight is 236 g/mol. The van der Waals surface area contributed by atoms with Crippen molar-refractivity contribution in [3.63, 3.8) is 0 Å². The number of aromatic nitrogens is 1. The summed E-state index contributed by atoms with van der Waals surface area (Å²) in [5, 5.41) is 9.71. The van der Waals surface area contributed by atoms with Gasteiger partial charge in [0.05, 0.1) is 12.2 Å². The van der Waals surface area contributed by atoms with Gasteiger partial charge in [-0.1, -0.05) is 6.07 Å². The molecule has 0 bridgehead atoms. The van der Waals surface area contributed by atoms with E-state index in [-0.39, 0.29) is 5.91 Å². The maximum atomic E-state index is 11.9. The summed E-state index contributed by atoms with van der Waals surface area (Å²) in [5.74, 6) is -0.275. The van der Waals surface area contributed by atoms with Crippen LogP contribution < -0.4 is 0 Å². The van der Waals surface area contributed by atoms with Crippen LogP contribution in [0.25, 0.3) is 0 Å². The molecule has 0 radical (unpaired) electrons. The molecule has 4 nitrogen and oxygen atoms in total. The van der Waals surface area contributed by atoms with E-state index >= 15 is 0 Å². The molecule has 94 valence electrons. The monoisotopic (exact) mass is 236 g/mol. The van der Waals surface area contributed by atoms with Gasteiger partial charge in [-0.3, -0.25) is 9.78 Å². The lowest BCUT2D eigenvalue weighted by Gasteiger charge is -2.27. The zero-order chi connectivity index (χ0) is 13.1. The number of carbonyl (C=O) groups excluding carboxylic acids is 1. The van der Waals surface area contributed by atoms with Gasteiger partial charge in [-0.15, -0.1) is 0 Å². The van der Waals surface area contributed by atoms with E-state index < -0.39 is 5.60 Å². The van der Waals surface area contributed by atoms with Gasteiger partial charge < -0.3 is 10.0 Å². The van der Waals surface area contributed by atoms with Gasteiger partial charge >= 0.3 is 0 Å². The van der Waals surface area contributed by atoms with E-state index in [4.69, 9.17) is 0 Å². The Morgan fingerprint density at radius 2 is 2.12 bits per heavy atom. The van der Waals surface area contributed by atoms with Gasteiger partial charge in [0.25, 0.3) is 5.91 Å². The predicted octanol–water partition coefficient (Wildman–Crippen LogP) is 1.51. The lowest BCUT2D eigenvalue weighted by molar-refractivity contribution is -0.148. The molecule has 17 heavy (non-hydrogen) atoms. The Morgan fingerprint density at radius 3 is 2.59 bits per heavy atom. The highest BCUT2D eigenvalue weighted by molar-refractivity contribution is 5.83. The largest absolute Gasteiger partial charge is 0.381 e. The molecule has 1 rings (SSSR count). The zero-order valence-corrected chi connectivity index (χ0v) is 10.9. The molecular weight excluding hydrogens is 216 g/mol. The van der Waals surface area contributed by atoms with Crippen LogP contribution in [0.15, 0.2) is 18.2 Å². The second-order valence-corrected chi connectivity index (χ2v) is 4.65. The Hall–Kier alpha value is -1.42. The van der Waals surface area contributed by atoms with Crippen molar-refractivity contribution in [2.75, 3.05) is 6.54 Å². The molecule has 0 atom stereocenters. The molecule has 0 saturated carbocycles. The maximum Gasteiger partial charge on any atom is 0.254 e. The molecular formula is C13H20N2O2. The van der Waals surface area contributed by atoms with Crippen molar-refractivity contribution in [3.8, 4) is 0 Å². The van der Waals surface area contributed by atoms with E-state index in [0.29, 0.717) is 13.1 Å². The molecule has 4 heteroatoms. The summed E-state index contributed by atoms with van der Waals surface area (Å²) < 4.78 is 0. The molecule has 1 amide bonds. The van der Waals surface area contributed by atoms with E-state index in [1.54, 1.807) is 4.90 Å². The van der Waals surface area contributed by atoms with Crippen molar-refractivity contribution in [1.29, 1.82) is 0 Å². The fourth-order valence-electron chi connectivity index (χ4n) is 1.60. The number of aryl methyl sites for hydroxylation is 1. The molecule has 1 aromatic rings. The van der Waals surface area contributed by atoms with Gasteiger partial charge in [-0.2, -0.15) is 0 Å². The van der Waals surface area contributed by atoms with Crippen LogP contribution >= 0.6 is 0 Å². The fourth-order valence-corrected chi connectivity index (χ4v) is 1.60. The fraction of sp³-hybridized carbons (Fsp3) is 0.538. The molecule has 0 aliphatic rings. The summed E-state index contributed by atoms with van der Waals surface area (Å²) in [4.78, 5) is 17.9. The number of pyridine rings is 1. The first-order chi connectivity index (χ1) is 7.84. The topological polar surface area (TPSA) is 53.4 Å². The van der Waals surface area contributed by atoms with E-state index in [9.17, 15) is 9.90 Å². The smallest absolute Gasteiger partial charge is 0.254 e. The van der Waals surface area contributed by atoms with Gasteiger partial charge in [0, 0.05) is 12.2 Å². The van der Waals surface area contributed by atoms with E-state index in [1.165, 1.54) is 13.8 Å². The third-order valence-corrected chi connectivity index (χ3v) is 2.49.